The minimum atomic E-state index is -0.782. The van der Waals surface area contributed by atoms with Crippen molar-refractivity contribution in [3.05, 3.63) is 0 Å². The third-order valence-corrected chi connectivity index (χ3v) is 1.95. The Morgan fingerprint density at radius 1 is 1.73 bits per heavy atom. The maximum absolute atomic E-state index is 12.6. The molecule has 2 nitrogen and oxygen atoms in total. The van der Waals surface area contributed by atoms with Gasteiger partial charge in [-0.1, -0.05) is 6.92 Å². The molecule has 1 aliphatic heterocycles. The van der Waals surface area contributed by atoms with Crippen LogP contribution in [0.4, 0.5) is 4.39 Å². The molecular weight excluding hydrogens is 145 g/mol. The molecule has 0 unspecified atom stereocenters. The second kappa shape index (κ2) is 3.69. The molecule has 11 heavy (non-hydrogen) atoms. The molecule has 0 saturated carbocycles. The monoisotopic (exact) mass is 159 g/mol. The number of rotatable bonds is 2. The molecule has 0 radical (unpaired) electrons. The molecule has 3 heteroatoms. The van der Waals surface area contributed by atoms with E-state index in [9.17, 15) is 9.18 Å². The highest BCUT2D eigenvalue weighted by Gasteiger charge is 2.24. The number of amides is 1. The molecular formula is C8H14FNO. The number of likely N-dealkylation sites (tertiary alicyclic amines) is 1. The lowest BCUT2D eigenvalue weighted by molar-refractivity contribution is -0.130. The Morgan fingerprint density at radius 3 is 2.91 bits per heavy atom. The lowest BCUT2D eigenvalue weighted by atomic mass is 10.3. The Kier molecular flexibility index (Phi) is 2.85. The molecule has 0 aromatic rings. The minimum absolute atomic E-state index is 0.104. The summed E-state index contributed by atoms with van der Waals surface area (Å²) in [5, 5.41) is 0. The first kappa shape index (κ1) is 8.50. The summed E-state index contributed by atoms with van der Waals surface area (Å²) in [7, 11) is 0. The molecule has 0 N–H and O–H groups in total. The van der Waals surface area contributed by atoms with Crippen molar-refractivity contribution in [2.24, 2.45) is 0 Å². The van der Waals surface area contributed by atoms with Crippen LogP contribution in [0, 0.1) is 0 Å². The van der Waals surface area contributed by atoms with Crippen LogP contribution in [-0.2, 0) is 4.79 Å². The molecule has 1 aliphatic rings. The quantitative estimate of drug-likeness (QED) is 0.595. The lowest BCUT2D eigenvalue weighted by Crippen LogP contribution is -2.28. The van der Waals surface area contributed by atoms with E-state index in [0.717, 1.165) is 6.42 Å². The molecule has 1 amide bonds. The van der Waals surface area contributed by atoms with E-state index in [-0.39, 0.29) is 5.91 Å². The van der Waals surface area contributed by atoms with Gasteiger partial charge in [-0.2, -0.15) is 0 Å². The lowest BCUT2D eigenvalue weighted by Gasteiger charge is -2.13. The number of alkyl halides is 1. The summed E-state index contributed by atoms with van der Waals surface area (Å²) in [5.74, 6) is 0.104. The average molecular weight is 159 g/mol. The third kappa shape index (κ3) is 2.17. The predicted octanol–water partition coefficient (Wildman–Crippen LogP) is 1.36. The number of hydrogen-bond acceptors (Lipinski definition) is 1. The maximum Gasteiger partial charge on any atom is 0.222 e. The van der Waals surface area contributed by atoms with Gasteiger partial charge >= 0.3 is 0 Å². The highest BCUT2D eigenvalue weighted by atomic mass is 19.1. The van der Waals surface area contributed by atoms with Gasteiger partial charge in [-0.05, 0) is 12.8 Å². The van der Waals surface area contributed by atoms with Gasteiger partial charge in [0, 0.05) is 13.0 Å². The number of carbonyl (C=O) groups excluding carboxylic acids is 1. The van der Waals surface area contributed by atoms with Crippen molar-refractivity contribution < 1.29 is 9.18 Å². The van der Waals surface area contributed by atoms with E-state index in [2.05, 4.69) is 0 Å². The summed E-state index contributed by atoms with van der Waals surface area (Å²) in [4.78, 5) is 12.8. The largest absolute Gasteiger partial charge is 0.340 e. The van der Waals surface area contributed by atoms with E-state index in [1.54, 1.807) is 4.90 Å². The van der Waals surface area contributed by atoms with Gasteiger partial charge in [0.2, 0.25) is 5.91 Å². The molecule has 0 aromatic heterocycles. The molecule has 1 rings (SSSR count). The second-order valence-electron chi connectivity index (χ2n) is 2.98. The van der Waals surface area contributed by atoms with Crippen LogP contribution in [0.2, 0.25) is 0 Å². The first-order valence-electron chi connectivity index (χ1n) is 4.16. The summed E-state index contributed by atoms with van der Waals surface area (Å²) >= 11 is 0. The van der Waals surface area contributed by atoms with E-state index in [4.69, 9.17) is 0 Å². The van der Waals surface area contributed by atoms with Crippen molar-refractivity contribution in [2.45, 2.75) is 32.4 Å². The van der Waals surface area contributed by atoms with Crippen LogP contribution in [0.5, 0.6) is 0 Å². The van der Waals surface area contributed by atoms with Crippen LogP contribution in [0.1, 0.15) is 26.2 Å². The van der Waals surface area contributed by atoms with Gasteiger partial charge in [0.15, 0.2) is 0 Å². The highest BCUT2D eigenvalue weighted by Crippen LogP contribution is 2.13. The Hall–Kier alpha value is -0.600. The standard InChI is InChI=1S/C8H14FNO/c1-2-3-8(11)10-5-4-7(9)6-10/h7H,2-6H2,1H3/t7-/m1/s1. The van der Waals surface area contributed by atoms with E-state index in [0.29, 0.717) is 25.9 Å². The zero-order valence-electron chi connectivity index (χ0n) is 6.85. The summed E-state index contributed by atoms with van der Waals surface area (Å²) in [6.45, 7) is 2.89. The van der Waals surface area contributed by atoms with E-state index in [1.807, 2.05) is 6.92 Å². The van der Waals surface area contributed by atoms with Crippen molar-refractivity contribution in [2.75, 3.05) is 13.1 Å². The summed E-state index contributed by atoms with van der Waals surface area (Å²) < 4.78 is 12.6. The highest BCUT2D eigenvalue weighted by molar-refractivity contribution is 5.76. The Morgan fingerprint density at radius 2 is 2.45 bits per heavy atom. The molecule has 1 saturated heterocycles. The fourth-order valence-electron chi connectivity index (χ4n) is 1.32. The molecule has 0 aliphatic carbocycles. The van der Waals surface area contributed by atoms with Gasteiger partial charge in [0.05, 0.1) is 6.54 Å². The fraction of sp³-hybridized carbons (Fsp3) is 0.875. The van der Waals surface area contributed by atoms with Crippen LogP contribution in [0.25, 0.3) is 0 Å². The molecule has 1 atom stereocenters. The minimum Gasteiger partial charge on any atom is -0.340 e. The number of carbonyl (C=O) groups is 1. The molecule has 0 aromatic carbocycles. The molecule has 0 spiro atoms. The summed E-state index contributed by atoms with van der Waals surface area (Å²) in [5.41, 5.74) is 0. The summed E-state index contributed by atoms with van der Waals surface area (Å²) in [6, 6.07) is 0. The van der Waals surface area contributed by atoms with Crippen molar-refractivity contribution in [1.29, 1.82) is 0 Å². The fourth-order valence-corrected chi connectivity index (χ4v) is 1.32. The number of nitrogens with zero attached hydrogens (tertiary/aromatic N) is 1. The van der Waals surface area contributed by atoms with Crippen molar-refractivity contribution in [1.82, 2.24) is 4.90 Å². The van der Waals surface area contributed by atoms with Crippen molar-refractivity contribution in [3.8, 4) is 0 Å². The molecule has 1 fully saturated rings. The first-order chi connectivity index (χ1) is 5.24. The maximum atomic E-state index is 12.6. The van der Waals surface area contributed by atoms with E-state index >= 15 is 0 Å². The Bertz CT molecular complexity index is 149. The molecule has 0 bridgehead atoms. The van der Waals surface area contributed by atoms with Gasteiger partial charge in [0.1, 0.15) is 6.17 Å². The van der Waals surface area contributed by atoms with Gasteiger partial charge in [0.25, 0.3) is 0 Å². The zero-order valence-corrected chi connectivity index (χ0v) is 6.85. The average Bonchev–Trinajstić information content (AvgIpc) is 2.36. The van der Waals surface area contributed by atoms with E-state index in [1.165, 1.54) is 0 Å². The van der Waals surface area contributed by atoms with Crippen molar-refractivity contribution in [3.63, 3.8) is 0 Å². The van der Waals surface area contributed by atoms with Crippen LogP contribution in [0.15, 0.2) is 0 Å². The first-order valence-corrected chi connectivity index (χ1v) is 4.16. The number of halogens is 1. The Labute approximate surface area is 66.4 Å². The van der Waals surface area contributed by atoms with Crippen LogP contribution < -0.4 is 0 Å². The SMILES string of the molecule is CCCC(=O)N1CC[C@@H](F)C1. The van der Waals surface area contributed by atoms with Gasteiger partial charge in [-0.25, -0.2) is 4.39 Å². The van der Waals surface area contributed by atoms with Gasteiger partial charge in [-0.15, -0.1) is 0 Å². The number of hydrogen-bond donors (Lipinski definition) is 0. The molecule has 64 valence electrons. The van der Waals surface area contributed by atoms with Gasteiger partial charge in [-0.3, -0.25) is 4.79 Å². The van der Waals surface area contributed by atoms with Crippen LogP contribution >= 0.6 is 0 Å². The second-order valence-corrected chi connectivity index (χ2v) is 2.98. The van der Waals surface area contributed by atoms with E-state index < -0.39 is 6.17 Å². The smallest absolute Gasteiger partial charge is 0.222 e. The Balaban J connectivity index is 2.31. The topological polar surface area (TPSA) is 20.3 Å². The van der Waals surface area contributed by atoms with Crippen LogP contribution in [0.3, 0.4) is 0 Å². The van der Waals surface area contributed by atoms with Gasteiger partial charge < -0.3 is 4.90 Å². The predicted molar refractivity (Wildman–Crippen MR) is 41.0 cm³/mol. The zero-order chi connectivity index (χ0) is 8.27. The van der Waals surface area contributed by atoms with Crippen molar-refractivity contribution >= 4 is 5.91 Å². The normalized spacial score (nSPS) is 24.2. The van der Waals surface area contributed by atoms with Crippen LogP contribution in [-0.4, -0.2) is 30.1 Å². The molecule has 1 heterocycles. The third-order valence-electron chi connectivity index (χ3n) is 1.95. The summed E-state index contributed by atoms with van der Waals surface area (Å²) in [6.07, 6.45) is 1.16.